The molecule has 1 N–H and O–H groups in total. The van der Waals surface area contributed by atoms with E-state index in [4.69, 9.17) is 4.84 Å². The summed E-state index contributed by atoms with van der Waals surface area (Å²) in [6.07, 6.45) is 1.55. The van der Waals surface area contributed by atoms with Crippen LogP contribution in [0.25, 0.3) is 0 Å². The third-order valence-electron chi connectivity index (χ3n) is 3.59. The lowest BCUT2D eigenvalue weighted by Crippen LogP contribution is -2.58. The molecular formula is C17H24N2O2. The Labute approximate surface area is 126 Å². The summed E-state index contributed by atoms with van der Waals surface area (Å²) in [5.41, 5.74) is 2.29. The number of carbonyl (C=O) groups is 1. The fraction of sp³-hybridized carbons (Fsp3) is 0.529. The summed E-state index contributed by atoms with van der Waals surface area (Å²) in [5.74, 6) is -0.394. The minimum absolute atomic E-state index is 0.0460. The SMILES string of the molecule is Cc1ccccc1C(=O)ON=C1CC(C)(C)NC(C)(C)C1. The van der Waals surface area contributed by atoms with Crippen molar-refractivity contribution in [1.82, 2.24) is 5.32 Å². The minimum Gasteiger partial charge on any atom is -0.313 e. The summed E-state index contributed by atoms with van der Waals surface area (Å²) in [7, 11) is 0. The molecule has 0 unspecified atom stereocenters. The summed E-state index contributed by atoms with van der Waals surface area (Å²) in [5, 5.41) is 7.69. The molecule has 0 amide bonds. The van der Waals surface area contributed by atoms with Crippen molar-refractivity contribution in [3.63, 3.8) is 0 Å². The molecule has 0 bridgehead atoms. The van der Waals surface area contributed by atoms with Crippen LogP contribution in [-0.2, 0) is 4.84 Å². The van der Waals surface area contributed by atoms with E-state index in [-0.39, 0.29) is 11.1 Å². The fourth-order valence-corrected chi connectivity index (χ4v) is 3.11. The van der Waals surface area contributed by atoms with Gasteiger partial charge in [-0.05, 0) is 46.2 Å². The lowest BCUT2D eigenvalue weighted by atomic mass is 9.81. The monoisotopic (exact) mass is 288 g/mol. The van der Waals surface area contributed by atoms with Crippen molar-refractivity contribution in [3.8, 4) is 0 Å². The maximum atomic E-state index is 12.1. The summed E-state index contributed by atoms with van der Waals surface area (Å²) in [4.78, 5) is 17.2. The van der Waals surface area contributed by atoms with Gasteiger partial charge in [-0.25, -0.2) is 4.79 Å². The second-order valence-corrected chi connectivity index (χ2v) is 7.10. The van der Waals surface area contributed by atoms with E-state index in [0.29, 0.717) is 5.56 Å². The van der Waals surface area contributed by atoms with Crippen molar-refractivity contribution < 1.29 is 9.63 Å². The van der Waals surface area contributed by atoms with E-state index in [2.05, 4.69) is 38.2 Å². The van der Waals surface area contributed by atoms with E-state index in [1.807, 2.05) is 25.1 Å². The molecule has 1 saturated heterocycles. The summed E-state index contributed by atoms with van der Waals surface area (Å²) >= 11 is 0. The summed E-state index contributed by atoms with van der Waals surface area (Å²) < 4.78 is 0. The molecule has 0 atom stereocenters. The maximum absolute atomic E-state index is 12.1. The highest BCUT2D eigenvalue weighted by Crippen LogP contribution is 2.26. The number of rotatable bonds is 2. The highest BCUT2D eigenvalue weighted by atomic mass is 16.7. The van der Waals surface area contributed by atoms with E-state index in [9.17, 15) is 4.79 Å². The first-order chi connectivity index (χ1) is 9.69. The molecule has 0 aliphatic carbocycles. The van der Waals surface area contributed by atoms with Crippen molar-refractivity contribution in [1.29, 1.82) is 0 Å². The van der Waals surface area contributed by atoms with Gasteiger partial charge in [-0.3, -0.25) is 0 Å². The van der Waals surface area contributed by atoms with E-state index in [1.165, 1.54) is 0 Å². The van der Waals surface area contributed by atoms with Crippen LogP contribution in [0.4, 0.5) is 0 Å². The molecule has 114 valence electrons. The number of hydrogen-bond donors (Lipinski definition) is 1. The zero-order chi connectivity index (χ0) is 15.7. The number of nitrogens with zero attached hydrogens (tertiary/aromatic N) is 1. The zero-order valence-electron chi connectivity index (χ0n) is 13.5. The van der Waals surface area contributed by atoms with Crippen molar-refractivity contribution in [2.45, 2.75) is 58.5 Å². The molecule has 1 aliphatic rings. The maximum Gasteiger partial charge on any atom is 0.365 e. The van der Waals surface area contributed by atoms with E-state index >= 15 is 0 Å². The number of oxime groups is 1. The Kier molecular flexibility index (Phi) is 4.19. The summed E-state index contributed by atoms with van der Waals surface area (Å²) in [6, 6.07) is 7.37. The number of hydrogen-bond acceptors (Lipinski definition) is 4. The predicted molar refractivity (Wildman–Crippen MR) is 84.6 cm³/mol. The molecule has 0 spiro atoms. The largest absolute Gasteiger partial charge is 0.365 e. The van der Waals surface area contributed by atoms with Gasteiger partial charge in [-0.1, -0.05) is 23.4 Å². The Balaban J connectivity index is 2.10. The molecule has 4 heteroatoms. The van der Waals surface area contributed by atoms with Crippen LogP contribution in [0.3, 0.4) is 0 Å². The van der Waals surface area contributed by atoms with Gasteiger partial charge < -0.3 is 10.2 Å². The van der Waals surface area contributed by atoms with Gasteiger partial charge >= 0.3 is 5.97 Å². The van der Waals surface area contributed by atoms with Gasteiger partial charge in [0.1, 0.15) is 0 Å². The Hall–Kier alpha value is -1.68. The number of carbonyl (C=O) groups excluding carboxylic acids is 1. The zero-order valence-corrected chi connectivity index (χ0v) is 13.5. The van der Waals surface area contributed by atoms with Gasteiger partial charge in [-0.15, -0.1) is 0 Å². The molecule has 1 aromatic rings. The van der Waals surface area contributed by atoms with E-state index in [1.54, 1.807) is 6.07 Å². The average molecular weight is 288 g/mol. The quantitative estimate of drug-likeness (QED) is 0.670. The topological polar surface area (TPSA) is 50.7 Å². The lowest BCUT2D eigenvalue weighted by molar-refractivity contribution is 0.0508. The normalized spacial score (nSPS) is 20.0. The highest BCUT2D eigenvalue weighted by Gasteiger charge is 2.36. The second kappa shape index (κ2) is 5.60. The average Bonchev–Trinajstić information content (AvgIpc) is 2.33. The minimum atomic E-state index is -0.394. The van der Waals surface area contributed by atoms with Gasteiger partial charge in [0.15, 0.2) is 0 Å². The Morgan fingerprint density at radius 3 is 2.29 bits per heavy atom. The van der Waals surface area contributed by atoms with Crippen LogP contribution >= 0.6 is 0 Å². The van der Waals surface area contributed by atoms with E-state index < -0.39 is 5.97 Å². The third-order valence-corrected chi connectivity index (χ3v) is 3.59. The smallest absolute Gasteiger partial charge is 0.313 e. The molecule has 0 aromatic heterocycles. The van der Waals surface area contributed by atoms with Crippen molar-refractivity contribution in [3.05, 3.63) is 35.4 Å². The van der Waals surface area contributed by atoms with Crippen molar-refractivity contribution in [2.75, 3.05) is 0 Å². The van der Waals surface area contributed by atoms with Crippen LogP contribution in [0, 0.1) is 6.92 Å². The van der Waals surface area contributed by atoms with Crippen molar-refractivity contribution >= 4 is 11.7 Å². The molecule has 4 nitrogen and oxygen atoms in total. The molecule has 1 fully saturated rings. The van der Waals surface area contributed by atoms with Gasteiger partial charge in [0.25, 0.3) is 0 Å². The standard InChI is InChI=1S/C17H24N2O2/c1-12-8-6-7-9-14(12)15(20)21-18-13-10-16(2,3)19-17(4,5)11-13/h6-9,19H,10-11H2,1-5H3. The highest BCUT2D eigenvalue weighted by molar-refractivity contribution is 5.92. The summed E-state index contributed by atoms with van der Waals surface area (Å²) in [6.45, 7) is 10.4. The number of aryl methyl sites for hydroxylation is 1. The second-order valence-electron chi connectivity index (χ2n) is 7.10. The Morgan fingerprint density at radius 2 is 1.71 bits per heavy atom. The number of nitrogens with one attached hydrogen (secondary N) is 1. The molecule has 1 heterocycles. The Morgan fingerprint density at radius 1 is 1.14 bits per heavy atom. The van der Waals surface area contributed by atoms with Gasteiger partial charge in [0.2, 0.25) is 0 Å². The van der Waals surface area contributed by atoms with Crippen LogP contribution in [0.5, 0.6) is 0 Å². The van der Waals surface area contributed by atoms with E-state index in [0.717, 1.165) is 24.1 Å². The van der Waals surface area contributed by atoms with Crippen molar-refractivity contribution in [2.24, 2.45) is 5.16 Å². The molecule has 0 radical (unpaired) electrons. The molecule has 0 saturated carbocycles. The van der Waals surface area contributed by atoms with Gasteiger partial charge in [0.05, 0.1) is 11.3 Å². The first kappa shape index (κ1) is 15.7. The van der Waals surface area contributed by atoms with Crippen LogP contribution in [0.2, 0.25) is 0 Å². The number of piperidine rings is 1. The fourth-order valence-electron chi connectivity index (χ4n) is 3.11. The molecule has 1 aromatic carbocycles. The third kappa shape index (κ3) is 4.14. The number of benzene rings is 1. The van der Waals surface area contributed by atoms with Gasteiger partial charge in [-0.2, -0.15) is 0 Å². The predicted octanol–water partition coefficient (Wildman–Crippen LogP) is 3.45. The molecule has 21 heavy (non-hydrogen) atoms. The van der Waals surface area contributed by atoms with Gasteiger partial charge in [0, 0.05) is 23.9 Å². The molecule has 2 rings (SSSR count). The first-order valence-electron chi connectivity index (χ1n) is 7.31. The first-order valence-corrected chi connectivity index (χ1v) is 7.31. The van der Waals surface area contributed by atoms with Crippen LogP contribution in [-0.4, -0.2) is 22.8 Å². The van der Waals surface area contributed by atoms with Crippen LogP contribution < -0.4 is 5.32 Å². The molecular weight excluding hydrogens is 264 g/mol. The lowest BCUT2D eigenvalue weighted by Gasteiger charge is -2.42. The molecule has 1 aliphatic heterocycles. The van der Waals surface area contributed by atoms with Crippen LogP contribution in [0.15, 0.2) is 29.4 Å². The van der Waals surface area contributed by atoms with Crippen LogP contribution in [0.1, 0.15) is 56.5 Å². The Bertz CT molecular complexity index is 556.